The molecule has 5 nitrogen and oxygen atoms in total. The van der Waals surface area contributed by atoms with E-state index in [1.54, 1.807) is 25.3 Å². The fourth-order valence-corrected chi connectivity index (χ4v) is 2.27. The highest BCUT2D eigenvalue weighted by molar-refractivity contribution is 5.96. The van der Waals surface area contributed by atoms with Crippen molar-refractivity contribution in [2.75, 3.05) is 5.32 Å². The number of carbonyl (C=O) groups is 1. The first-order valence-electron chi connectivity index (χ1n) is 7.35. The summed E-state index contributed by atoms with van der Waals surface area (Å²) in [5, 5.41) is 9.30. The van der Waals surface area contributed by atoms with Crippen LogP contribution in [0.2, 0.25) is 0 Å². The Balaban J connectivity index is 1.65. The van der Waals surface area contributed by atoms with Crippen LogP contribution < -0.4 is 10.7 Å². The van der Waals surface area contributed by atoms with Crippen molar-refractivity contribution in [3.8, 4) is 0 Å². The molecular weight excluding hydrogens is 290 g/mol. The average molecular weight is 307 g/mol. The highest BCUT2D eigenvalue weighted by Crippen LogP contribution is 2.23. The van der Waals surface area contributed by atoms with Crippen LogP contribution in [0.25, 0.3) is 10.8 Å². The molecule has 3 aromatic rings. The minimum Gasteiger partial charge on any atom is -0.463 e. The molecule has 1 unspecified atom stereocenters. The van der Waals surface area contributed by atoms with E-state index >= 15 is 0 Å². The third kappa shape index (κ3) is 3.58. The molecule has 116 valence electrons. The number of amides is 1. The lowest BCUT2D eigenvalue weighted by Crippen LogP contribution is -2.34. The Morgan fingerprint density at radius 2 is 1.96 bits per heavy atom. The predicted octanol–water partition coefficient (Wildman–Crippen LogP) is 3.38. The Morgan fingerprint density at radius 1 is 1.13 bits per heavy atom. The van der Waals surface area contributed by atoms with Crippen LogP contribution in [0.5, 0.6) is 0 Å². The van der Waals surface area contributed by atoms with Crippen LogP contribution in [0.1, 0.15) is 12.7 Å². The van der Waals surface area contributed by atoms with Gasteiger partial charge < -0.3 is 9.73 Å². The topological polar surface area (TPSA) is 66.6 Å². The summed E-state index contributed by atoms with van der Waals surface area (Å²) in [5.74, 6) is 0.362. The number of rotatable bonds is 5. The third-order valence-corrected chi connectivity index (χ3v) is 3.46. The Kier molecular flexibility index (Phi) is 4.38. The Labute approximate surface area is 134 Å². The Bertz CT molecular complexity index is 820. The van der Waals surface area contributed by atoms with Gasteiger partial charge in [0.2, 0.25) is 0 Å². The lowest BCUT2D eigenvalue weighted by Gasteiger charge is -2.15. The average Bonchev–Trinajstić information content (AvgIpc) is 3.08. The molecule has 1 amide bonds. The second-order valence-corrected chi connectivity index (χ2v) is 5.14. The summed E-state index contributed by atoms with van der Waals surface area (Å²) in [6.07, 6.45) is 3.01. The van der Waals surface area contributed by atoms with Crippen LogP contribution in [-0.2, 0) is 4.79 Å². The molecule has 0 aliphatic rings. The molecule has 0 bridgehead atoms. The van der Waals surface area contributed by atoms with Crippen molar-refractivity contribution >= 4 is 28.6 Å². The monoisotopic (exact) mass is 307 g/mol. The quantitative estimate of drug-likeness (QED) is 0.561. The lowest BCUT2D eigenvalue weighted by molar-refractivity contribution is -0.121. The molecule has 5 heteroatoms. The van der Waals surface area contributed by atoms with Gasteiger partial charge in [0.05, 0.1) is 12.5 Å². The first kappa shape index (κ1) is 14.8. The molecule has 0 fully saturated rings. The van der Waals surface area contributed by atoms with Gasteiger partial charge in [0, 0.05) is 11.1 Å². The van der Waals surface area contributed by atoms with Crippen molar-refractivity contribution in [1.82, 2.24) is 5.43 Å². The van der Waals surface area contributed by atoms with E-state index in [4.69, 9.17) is 4.42 Å². The molecule has 2 N–H and O–H groups in total. The number of hydrogen-bond acceptors (Lipinski definition) is 4. The zero-order valence-electron chi connectivity index (χ0n) is 12.7. The minimum absolute atomic E-state index is 0.222. The normalized spacial score (nSPS) is 12.4. The van der Waals surface area contributed by atoms with Crippen LogP contribution in [0.15, 0.2) is 70.4 Å². The maximum Gasteiger partial charge on any atom is 0.262 e. The maximum atomic E-state index is 12.1. The predicted molar refractivity (Wildman–Crippen MR) is 91.5 cm³/mol. The number of nitrogens with one attached hydrogen (secondary N) is 2. The minimum atomic E-state index is -0.422. The number of benzene rings is 2. The van der Waals surface area contributed by atoms with E-state index in [0.717, 1.165) is 16.5 Å². The number of fused-ring (bicyclic) bond motifs is 1. The molecule has 0 spiro atoms. The lowest BCUT2D eigenvalue weighted by atomic mass is 10.1. The Hall–Kier alpha value is -3.08. The van der Waals surface area contributed by atoms with Crippen LogP contribution >= 0.6 is 0 Å². The summed E-state index contributed by atoms with van der Waals surface area (Å²) < 4.78 is 5.10. The van der Waals surface area contributed by atoms with Crippen molar-refractivity contribution in [2.24, 2.45) is 5.10 Å². The molecule has 2 aromatic carbocycles. The van der Waals surface area contributed by atoms with Gasteiger partial charge in [0.15, 0.2) is 0 Å². The van der Waals surface area contributed by atoms with Crippen molar-refractivity contribution in [2.45, 2.75) is 13.0 Å². The molecule has 3 rings (SSSR count). The van der Waals surface area contributed by atoms with Gasteiger partial charge in [-0.25, -0.2) is 5.43 Å². The van der Waals surface area contributed by atoms with Crippen LogP contribution in [0.3, 0.4) is 0 Å². The van der Waals surface area contributed by atoms with Gasteiger partial charge in [-0.05, 0) is 30.5 Å². The van der Waals surface area contributed by atoms with Gasteiger partial charge in [0.25, 0.3) is 5.91 Å². The zero-order chi connectivity index (χ0) is 16.1. The van der Waals surface area contributed by atoms with Crippen LogP contribution in [0.4, 0.5) is 5.69 Å². The second kappa shape index (κ2) is 6.79. The molecule has 0 saturated heterocycles. The number of anilines is 1. The molecule has 0 saturated carbocycles. The molecule has 1 heterocycles. The standard InChI is InChI=1S/C18H17N3O2/c1-13(18(22)21-19-12-15-8-5-11-23-15)20-17-10-4-7-14-6-2-3-9-16(14)17/h2-13,20H,1H3,(H,21,22)/b19-12+. The fourth-order valence-electron chi connectivity index (χ4n) is 2.27. The van der Waals surface area contributed by atoms with E-state index in [1.807, 2.05) is 42.5 Å². The molecule has 23 heavy (non-hydrogen) atoms. The van der Waals surface area contributed by atoms with Crippen LogP contribution in [-0.4, -0.2) is 18.2 Å². The summed E-state index contributed by atoms with van der Waals surface area (Å²) in [6.45, 7) is 1.79. The molecule has 0 aliphatic heterocycles. The van der Waals surface area contributed by atoms with E-state index in [2.05, 4.69) is 15.8 Å². The van der Waals surface area contributed by atoms with Crippen molar-refractivity contribution < 1.29 is 9.21 Å². The van der Waals surface area contributed by atoms with Gasteiger partial charge >= 0.3 is 0 Å². The molecule has 1 aromatic heterocycles. The van der Waals surface area contributed by atoms with E-state index in [-0.39, 0.29) is 5.91 Å². The first-order valence-corrected chi connectivity index (χ1v) is 7.35. The number of nitrogens with zero attached hydrogens (tertiary/aromatic N) is 1. The smallest absolute Gasteiger partial charge is 0.262 e. The highest BCUT2D eigenvalue weighted by atomic mass is 16.3. The van der Waals surface area contributed by atoms with Crippen molar-refractivity contribution in [1.29, 1.82) is 0 Å². The molecule has 0 aliphatic carbocycles. The van der Waals surface area contributed by atoms with Gasteiger partial charge in [-0.15, -0.1) is 0 Å². The maximum absolute atomic E-state index is 12.1. The molecular formula is C18H17N3O2. The Morgan fingerprint density at radius 3 is 2.78 bits per heavy atom. The van der Waals surface area contributed by atoms with Gasteiger partial charge in [-0.1, -0.05) is 36.4 Å². The van der Waals surface area contributed by atoms with Crippen molar-refractivity contribution in [3.63, 3.8) is 0 Å². The SMILES string of the molecule is CC(Nc1cccc2ccccc12)C(=O)N/N=C/c1ccco1. The summed E-state index contributed by atoms with van der Waals surface area (Å²) in [5.41, 5.74) is 3.41. The molecule has 1 atom stereocenters. The summed E-state index contributed by atoms with van der Waals surface area (Å²) in [4.78, 5) is 12.1. The van der Waals surface area contributed by atoms with Gasteiger partial charge in [-0.3, -0.25) is 4.79 Å². The zero-order valence-corrected chi connectivity index (χ0v) is 12.7. The largest absolute Gasteiger partial charge is 0.463 e. The third-order valence-electron chi connectivity index (χ3n) is 3.46. The second-order valence-electron chi connectivity index (χ2n) is 5.14. The number of furan rings is 1. The highest BCUT2D eigenvalue weighted by Gasteiger charge is 2.12. The number of hydrazone groups is 1. The molecule has 0 radical (unpaired) electrons. The van der Waals surface area contributed by atoms with E-state index in [9.17, 15) is 4.79 Å². The van der Waals surface area contributed by atoms with E-state index in [1.165, 1.54) is 6.21 Å². The van der Waals surface area contributed by atoms with Crippen LogP contribution in [0, 0.1) is 0 Å². The summed E-state index contributed by atoms with van der Waals surface area (Å²) >= 11 is 0. The summed E-state index contributed by atoms with van der Waals surface area (Å²) in [6, 6.07) is 17.1. The number of carbonyl (C=O) groups excluding carboxylic acids is 1. The van der Waals surface area contributed by atoms with Gasteiger partial charge in [-0.2, -0.15) is 5.10 Å². The van der Waals surface area contributed by atoms with Crippen molar-refractivity contribution in [3.05, 3.63) is 66.6 Å². The fraction of sp³-hybridized carbons (Fsp3) is 0.111. The first-order chi connectivity index (χ1) is 11.2. The summed E-state index contributed by atoms with van der Waals surface area (Å²) in [7, 11) is 0. The number of hydrogen-bond donors (Lipinski definition) is 2. The van der Waals surface area contributed by atoms with Gasteiger partial charge in [0.1, 0.15) is 11.8 Å². The van der Waals surface area contributed by atoms with E-state index < -0.39 is 6.04 Å². The van der Waals surface area contributed by atoms with E-state index in [0.29, 0.717) is 5.76 Å².